The molecule has 114 valence electrons. The molecule has 1 saturated heterocycles. The van der Waals surface area contributed by atoms with E-state index < -0.39 is 5.97 Å². The van der Waals surface area contributed by atoms with Crippen LogP contribution in [0, 0.1) is 0 Å². The first-order valence-corrected chi connectivity index (χ1v) is 7.49. The molecule has 1 aromatic carbocycles. The lowest BCUT2D eigenvalue weighted by Gasteiger charge is -2.38. The molecule has 21 heavy (non-hydrogen) atoms. The van der Waals surface area contributed by atoms with Crippen molar-refractivity contribution in [2.75, 3.05) is 32.9 Å². The number of morpholine rings is 1. The van der Waals surface area contributed by atoms with E-state index in [-0.39, 0.29) is 12.5 Å². The Morgan fingerprint density at radius 1 is 1.33 bits per heavy atom. The zero-order chi connectivity index (χ0) is 14.7. The van der Waals surface area contributed by atoms with Crippen LogP contribution < -0.4 is 4.74 Å². The van der Waals surface area contributed by atoms with Gasteiger partial charge in [0.05, 0.1) is 26.2 Å². The van der Waals surface area contributed by atoms with Crippen LogP contribution in [0.1, 0.15) is 24.3 Å². The first-order valence-electron chi connectivity index (χ1n) is 7.49. The normalized spacial score (nSPS) is 25.9. The summed E-state index contributed by atoms with van der Waals surface area (Å²) in [4.78, 5) is 13.3. The quantitative estimate of drug-likeness (QED) is 0.915. The number of aliphatic carboxylic acids is 1. The summed E-state index contributed by atoms with van der Waals surface area (Å²) < 4.78 is 11.1. The summed E-state index contributed by atoms with van der Waals surface area (Å²) in [5, 5.41) is 9.04. The van der Waals surface area contributed by atoms with Gasteiger partial charge in [0, 0.05) is 25.0 Å². The van der Waals surface area contributed by atoms with Crippen molar-refractivity contribution in [3.63, 3.8) is 0 Å². The second-order valence-corrected chi connectivity index (χ2v) is 5.69. The lowest BCUT2D eigenvalue weighted by molar-refractivity contribution is -0.140. The molecule has 5 heteroatoms. The predicted molar refractivity (Wildman–Crippen MR) is 77.7 cm³/mol. The zero-order valence-corrected chi connectivity index (χ0v) is 12.0. The van der Waals surface area contributed by atoms with Crippen LogP contribution in [0.15, 0.2) is 24.3 Å². The SMILES string of the molecule is O=C(O)CC1COCCN1CC1CCOc2ccccc21. The molecule has 1 fully saturated rings. The lowest BCUT2D eigenvalue weighted by Crippen LogP contribution is -2.48. The summed E-state index contributed by atoms with van der Waals surface area (Å²) in [6.45, 7) is 3.60. The number of carboxylic acids is 1. The maximum absolute atomic E-state index is 11.0. The molecule has 1 N–H and O–H groups in total. The maximum atomic E-state index is 11.0. The average Bonchev–Trinajstić information content (AvgIpc) is 2.49. The highest BCUT2D eigenvalue weighted by atomic mass is 16.5. The molecule has 5 nitrogen and oxygen atoms in total. The number of fused-ring (bicyclic) bond motifs is 1. The molecule has 0 spiro atoms. The fraction of sp³-hybridized carbons (Fsp3) is 0.562. The molecule has 0 bridgehead atoms. The number of carboxylic acid groups (broad SMARTS) is 1. The summed E-state index contributed by atoms with van der Waals surface area (Å²) in [7, 11) is 0. The van der Waals surface area contributed by atoms with Crippen LogP contribution in [-0.4, -0.2) is 54.9 Å². The molecular weight excluding hydrogens is 270 g/mol. The van der Waals surface area contributed by atoms with Crippen LogP contribution in [-0.2, 0) is 9.53 Å². The van der Waals surface area contributed by atoms with E-state index >= 15 is 0 Å². The summed E-state index contributed by atoms with van der Waals surface area (Å²) in [6.07, 6.45) is 1.12. The number of hydrogen-bond acceptors (Lipinski definition) is 4. The van der Waals surface area contributed by atoms with Gasteiger partial charge < -0.3 is 14.6 Å². The minimum absolute atomic E-state index is 0.0220. The largest absolute Gasteiger partial charge is 0.493 e. The number of para-hydroxylation sites is 1. The summed E-state index contributed by atoms with van der Waals surface area (Å²) in [6, 6.07) is 8.13. The topological polar surface area (TPSA) is 59.0 Å². The van der Waals surface area contributed by atoms with Crippen molar-refractivity contribution in [2.24, 2.45) is 0 Å². The second-order valence-electron chi connectivity index (χ2n) is 5.69. The third-order valence-electron chi connectivity index (χ3n) is 4.30. The van der Waals surface area contributed by atoms with E-state index in [1.165, 1.54) is 5.56 Å². The minimum atomic E-state index is -0.761. The number of nitrogens with zero attached hydrogens (tertiary/aromatic N) is 1. The molecule has 0 amide bonds. The summed E-state index contributed by atoms with van der Waals surface area (Å²) >= 11 is 0. The van der Waals surface area contributed by atoms with Crippen LogP contribution in [0.2, 0.25) is 0 Å². The smallest absolute Gasteiger partial charge is 0.305 e. The van der Waals surface area contributed by atoms with Crippen molar-refractivity contribution in [3.8, 4) is 5.75 Å². The van der Waals surface area contributed by atoms with Gasteiger partial charge in [-0.1, -0.05) is 18.2 Å². The van der Waals surface area contributed by atoms with Crippen molar-refractivity contribution in [1.82, 2.24) is 4.90 Å². The Balaban J connectivity index is 1.72. The molecule has 2 unspecified atom stereocenters. The predicted octanol–water partition coefficient (Wildman–Crippen LogP) is 1.73. The minimum Gasteiger partial charge on any atom is -0.493 e. The molecule has 0 saturated carbocycles. The Hall–Kier alpha value is -1.59. The fourth-order valence-corrected chi connectivity index (χ4v) is 3.21. The zero-order valence-electron chi connectivity index (χ0n) is 12.0. The van der Waals surface area contributed by atoms with Crippen molar-refractivity contribution >= 4 is 5.97 Å². The van der Waals surface area contributed by atoms with Gasteiger partial charge in [-0.25, -0.2) is 0 Å². The molecule has 1 aromatic rings. The molecule has 2 aliphatic rings. The van der Waals surface area contributed by atoms with E-state index in [0.717, 1.165) is 31.9 Å². The number of carbonyl (C=O) groups is 1. The van der Waals surface area contributed by atoms with Gasteiger partial charge in [-0.2, -0.15) is 0 Å². The maximum Gasteiger partial charge on any atom is 0.305 e. The molecule has 2 aliphatic heterocycles. The van der Waals surface area contributed by atoms with Gasteiger partial charge >= 0.3 is 5.97 Å². The Kier molecular flexibility index (Phi) is 4.41. The monoisotopic (exact) mass is 291 g/mol. The van der Waals surface area contributed by atoms with Crippen LogP contribution in [0.25, 0.3) is 0 Å². The Morgan fingerprint density at radius 2 is 2.19 bits per heavy atom. The van der Waals surface area contributed by atoms with Crippen molar-refractivity contribution in [3.05, 3.63) is 29.8 Å². The lowest BCUT2D eigenvalue weighted by atomic mass is 9.92. The van der Waals surface area contributed by atoms with E-state index in [1.54, 1.807) is 0 Å². The van der Waals surface area contributed by atoms with Crippen molar-refractivity contribution in [2.45, 2.75) is 24.8 Å². The van der Waals surface area contributed by atoms with Crippen molar-refractivity contribution in [1.29, 1.82) is 0 Å². The average molecular weight is 291 g/mol. The molecule has 0 aromatic heterocycles. The Labute approximate surface area is 124 Å². The highest BCUT2D eigenvalue weighted by Crippen LogP contribution is 2.34. The highest BCUT2D eigenvalue weighted by molar-refractivity contribution is 5.67. The van der Waals surface area contributed by atoms with Gasteiger partial charge in [0.1, 0.15) is 5.75 Å². The van der Waals surface area contributed by atoms with Gasteiger partial charge in [0.25, 0.3) is 0 Å². The first kappa shape index (κ1) is 14.4. The molecule has 3 rings (SSSR count). The third-order valence-corrected chi connectivity index (χ3v) is 4.30. The van der Waals surface area contributed by atoms with Gasteiger partial charge in [-0.15, -0.1) is 0 Å². The van der Waals surface area contributed by atoms with Gasteiger partial charge in [0.15, 0.2) is 0 Å². The van der Waals surface area contributed by atoms with Crippen LogP contribution in [0.3, 0.4) is 0 Å². The first-order chi connectivity index (χ1) is 10.2. The summed E-state index contributed by atoms with van der Waals surface area (Å²) in [5.41, 5.74) is 1.24. The van der Waals surface area contributed by atoms with Crippen LogP contribution in [0.4, 0.5) is 0 Å². The van der Waals surface area contributed by atoms with Gasteiger partial charge in [0.2, 0.25) is 0 Å². The molecular formula is C16H21NO4. The summed E-state index contributed by atoms with van der Waals surface area (Å²) in [5.74, 6) is 0.615. The van der Waals surface area contributed by atoms with E-state index in [9.17, 15) is 4.79 Å². The van der Waals surface area contributed by atoms with Gasteiger partial charge in [-0.05, 0) is 18.1 Å². The molecule has 0 aliphatic carbocycles. The third kappa shape index (κ3) is 3.36. The molecule has 2 heterocycles. The van der Waals surface area contributed by atoms with Crippen LogP contribution >= 0.6 is 0 Å². The number of benzene rings is 1. The van der Waals surface area contributed by atoms with E-state index in [0.29, 0.717) is 19.1 Å². The Morgan fingerprint density at radius 3 is 3.05 bits per heavy atom. The second kappa shape index (κ2) is 6.45. The van der Waals surface area contributed by atoms with Crippen molar-refractivity contribution < 1.29 is 19.4 Å². The molecule has 2 atom stereocenters. The number of ether oxygens (including phenoxy) is 2. The van der Waals surface area contributed by atoms with E-state index in [4.69, 9.17) is 14.6 Å². The standard InChI is InChI=1S/C16H21NO4/c18-16(19)9-13-11-20-8-6-17(13)10-12-5-7-21-15-4-2-1-3-14(12)15/h1-4,12-13H,5-11H2,(H,18,19). The number of hydrogen-bond donors (Lipinski definition) is 1. The van der Waals surface area contributed by atoms with Crippen LogP contribution in [0.5, 0.6) is 5.75 Å². The Bertz CT molecular complexity index is 505. The van der Waals surface area contributed by atoms with Gasteiger partial charge in [-0.3, -0.25) is 9.69 Å². The number of rotatable bonds is 4. The highest BCUT2D eigenvalue weighted by Gasteiger charge is 2.30. The fourth-order valence-electron chi connectivity index (χ4n) is 3.21. The van der Waals surface area contributed by atoms with E-state index in [1.807, 2.05) is 18.2 Å². The van der Waals surface area contributed by atoms with E-state index in [2.05, 4.69) is 11.0 Å². The molecule has 0 radical (unpaired) electrons.